The summed E-state index contributed by atoms with van der Waals surface area (Å²) < 4.78 is 0. The van der Waals surface area contributed by atoms with E-state index < -0.39 is 0 Å². The molecule has 24 heavy (non-hydrogen) atoms. The molecule has 5 nitrogen and oxygen atoms in total. The van der Waals surface area contributed by atoms with Crippen molar-refractivity contribution in [1.82, 2.24) is 15.5 Å². The molecule has 0 aliphatic carbocycles. The zero-order chi connectivity index (χ0) is 17.1. The Kier molecular flexibility index (Phi) is 5.19. The summed E-state index contributed by atoms with van der Waals surface area (Å²) in [6.07, 6.45) is 2.23. The van der Waals surface area contributed by atoms with Crippen LogP contribution in [0.5, 0.6) is 0 Å². The monoisotopic (exact) mass is 329 g/mol. The van der Waals surface area contributed by atoms with Gasteiger partial charge in [0.1, 0.15) is 0 Å². The summed E-state index contributed by atoms with van der Waals surface area (Å²) in [6, 6.07) is 6.62. The van der Waals surface area contributed by atoms with Crippen molar-refractivity contribution in [1.29, 1.82) is 0 Å². The molecule has 3 rings (SSSR count). The third-order valence-corrected chi connectivity index (χ3v) is 5.28. The number of rotatable bonds is 6. The highest BCUT2D eigenvalue weighted by molar-refractivity contribution is 5.89. The van der Waals surface area contributed by atoms with Gasteiger partial charge in [-0.25, -0.2) is 0 Å². The number of likely N-dealkylation sites (tertiary alicyclic amines) is 1. The fraction of sp³-hybridized carbons (Fsp3) is 0.579. The zero-order valence-corrected chi connectivity index (χ0v) is 14.6. The number of benzene rings is 1. The molecule has 2 aliphatic rings. The second kappa shape index (κ2) is 7.34. The molecular formula is C19H27N3O2. The lowest BCUT2D eigenvalue weighted by molar-refractivity contribution is -0.130. The molecular weight excluding hydrogens is 302 g/mol. The number of hydrogen-bond acceptors (Lipinski definition) is 3. The summed E-state index contributed by atoms with van der Waals surface area (Å²) in [5, 5.41) is 6.34. The van der Waals surface area contributed by atoms with Crippen LogP contribution in [-0.2, 0) is 29.2 Å². The van der Waals surface area contributed by atoms with Gasteiger partial charge in [0.2, 0.25) is 11.8 Å². The van der Waals surface area contributed by atoms with Gasteiger partial charge in [0.05, 0.1) is 5.92 Å². The Morgan fingerprint density at radius 3 is 2.79 bits per heavy atom. The maximum Gasteiger partial charge on any atom is 0.225 e. The smallest absolute Gasteiger partial charge is 0.225 e. The fourth-order valence-corrected chi connectivity index (χ4v) is 3.78. The van der Waals surface area contributed by atoms with Crippen LogP contribution in [0.2, 0.25) is 0 Å². The first-order valence-corrected chi connectivity index (χ1v) is 9.01. The topological polar surface area (TPSA) is 61.4 Å². The number of carbonyl (C=O) groups is 2. The SMILES string of the molecule is CCC(CC)N1CC(C(=O)NCc2ccc3c(c2)CNC3)CC1=O. The number of carbonyl (C=O) groups excluding carboxylic acids is 2. The maximum atomic E-state index is 12.4. The Morgan fingerprint density at radius 1 is 1.29 bits per heavy atom. The Morgan fingerprint density at radius 2 is 2.04 bits per heavy atom. The predicted molar refractivity (Wildman–Crippen MR) is 93.0 cm³/mol. The molecule has 1 unspecified atom stereocenters. The largest absolute Gasteiger partial charge is 0.352 e. The quantitative estimate of drug-likeness (QED) is 0.838. The normalized spacial score (nSPS) is 19.9. The lowest BCUT2D eigenvalue weighted by Gasteiger charge is -2.26. The molecule has 5 heteroatoms. The van der Waals surface area contributed by atoms with Crippen LogP contribution in [0.4, 0.5) is 0 Å². The average molecular weight is 329 g/mol. The van der Waals surface area contributed by atoms with E-state index in [4.69, 9.17) is 0 Å². The minimum Gasteiger partial charge on any atom is -0.352 e. The van der Waals surface area contributed by atoms with Crippen LogP contribution in [0.15, 0.2) is 18.2 Å². The lowest BCUT2D eigenvalue weighted by atomic mass is 10.1. The molecule has 2 N–H and O–H groups in total. The summed E-state index contributed by atoms with van der Waals surface area (Å²) in [7, 11) is 0. The number of hydrogen-bond donors (Lipinski definition) is 2. The molecule has 0 bridgehead atoms. The van der Waals surface area contributed by atoms with Crippen molar-refractivity contribution < 1.29 is 9.59 Å². The molecule has 1 aromatic rings. The van der Waals surface area contributed by atoms with Gasteiger partial charge in [0.25, 0.3) is 0 Å². The van der Waals surface area contributed by atoms with Gasteiger partial charge in [-0.05, 0) is 29.5 Å². The van der Waals surface area contributed by atoms with Gasteiger partial charge in [-0.2, -0.15) is 0 Å². The molecule has 0 saturated carbocycles. The van der Waals surface area contributed by atoms with E-state index in [1.54, 1.807) is 0 Å². The molecule has 1 saturated heterocycles. The van der Waals surface area contributed by atoms with Gasteiger partial charge in [-0.3, -0.25) is 9.59 Å². The van der Waals surface area contributed by atoms with E-state index in [1.807, 2.05) is 4.90 Å². The van der Waals surface area contributed by atoms with Gasteiger partial charge in [-0.1, -0.05) is 32.0 Å². The Hall–Kier alpha value is -1.88. The van der Waals surface area contributed by atoms with Crippen molar-refractivity contribution in [2.75, 3.05) is 6.54 Å². The van der Waals surface area contributed by atoms with Crippen LogP contribution < -0.4 is 10.6 Å². The fourth-order valence-electron chi connectivity index (χ4n) is 3.78. The van der Waals surface area contributed by atoms with Crippen LogP contribution >= 0.6 is 0 Å². The third-order valence-electron chi connectivity index (χ3n) is 5.28. The van der Waals surface area contributed by atoms with Crippen LogP contribution in [0.1, 0.15) is 49.8 Å². The molecule has 130 valence electrons. The highest BCUT2D eigenvalue weighted by atomic mass is 16.2. The van der Waals surface area contributed by atoms with Gasteiger partial charge >= 0.3 is 0 Å². The van der Waals surface area contributed by atoms with Crippen molar-refractivity contribution in [3.63, 3.8) is 0 Å². The van der Waals surface area contributed by atoms with Crippen LogP contribution in [-0.4, -0.2) is 29.3 Å². The Balaban J connectivity index is 1.55. The second-order valence-electron chi connectivity index (χ2n) is 6.84. The predicted octanol–water partition coefficient (Wildman–Crippen LogP) is 1.94. The molecule has 2 amide bonds. The lowest BCUT2D eigenvalue weighted by Crippen LogP contribution is -2.37. The van der Waals surface area contributed by atoms with Crippen molar-refractivity contribution in [2.45, 2.75) is 58.8 Å². The first-order valence-electron chi connectivity index (χ1n) is 9.01. The Labute approximate surface area is 143 Å². The van der Waals surface area contributed by atoms with Crippen LogP contribution in [0.25, 0.3) is 0 Å². The van der Waals surface area contributed by atoms with Gasteiger partial charge in [-0.15, -0.1) is 0 Å². The highest BCUT2D eigenvalue weighted by Crippen LogP contribution is 2.23. The molecule has 1 fully saturated rings. The molecule has 1 aromatic carbocycles. The van der Waals surface area contributed by atoms with E-state index >= 15 is 0 Å². The summed E-state index contributed by atoms with van der Waals surface area (Å²) >= 11 is 0. The van der Waals surface area contributed by atoms with Crippen molar-refractivity contribution in [3.05, 3.63) is 34.9 Å². The third kappa shape index (κ3) is 3.46. The molecule has 1 atom stereocenters. The van der Waals surface area contributed by atoms with Crippen molar-refractivity contribution >= 4 is 11.8 Å². The van der Waals surface area contributed by atoms with E-state index in [-0.39, 0.29) is 23.8 Å². The summed E-state index contributed by atoms with van der Waals surface area (Å²) in [5.74, 6) is -0.0999. The average Bonchev–Trinajstić information content (AvgIpc) is 3.20. The first kappa shape index (κ1) is 17.0. The number of amides is 2. The van der Waals surface area contributed by atoms with E-state index in [1.165, 1.54) is 11.1 Å². The number of nitrogens with zero attached hydrogens (tertiary/aromatic N) is 1. The van der Waals surface area contributed by atoms with E-state index in [0.29, 0.717) is 19.5 Å². The summed E-state index contributed by atoms with van der Waals surface area (Å²) in [6.45, 7) is 7.11. The first-order chi connectivity index (χ1) is 11.6. The molecule has 2 heterocycles. The van der Waals surface area contributed by atoms with E-state index in [9.17, 15) is 9.59 Å². The highest BCUT2D eigenvalue weighted by Gasteiger charge is 2.36. The van der Waals surface area contributed by atoms with Gasteiger partial charge in [0, 0.05) is 38.6 Å². The zero-order valence-electron chi connectivity index (χ0n) is 14.6. The molecule has 0 spiro atoms. The second-order valence-corrected chi connectivity index (χ2v) is 6.84. The van der Waals surface area contributed by atoms with Crippen LogP contribution in [0.3, 0.4) is 0 Å². The summed E-state index contributed by atoms with van der Waals surface area (Å²) in [5.41, 5.74) is 3.77. The van der Waals surface area contributed by atoms with Crippen molar-refractivity contribution in [2.24, 2.45) is 5.92 Å². The standard InChI is InChI=1S/C19H27N3O2/c1-3-17(4-2)22-12-16(8-18(22)23)19(24)21-9-13-5-6-14-10-20-11-15(14)7-13/h5-7,16-17,20H,3-4,8-12H2,1-2H3,(H,21,24). The van der Waals surface area contributed by atoms with Gasteiger partial charge in [0.15, 0.2) is 0 Å². The Bertz CT molecular complexity index is 625. The van der Waals surface area contributed by atoms with Crippen molar-refractivity contribution in [3.8, 4) is 0 Å². The number of nitrogens with one attached hydrogen (secondary N) is 2. The van der Waals surface area contributed by atoms with E-state index in [0.717, 1.165) is 31.5 Å². The minimum absolute atomic E-state index is 0.00423. The molecule has 2 aliphatic heterocycles. The van der Waals surface area contributed by atoms with Gasteiger partial charge < -0.3 is 15.5 Å². The maximum absolute atomic E-state index is 12.4. The minimum atomic E-state index is -0.214. The molecule has 0 radical (unpaired) electrons. The van der Waals surface area contributed by atoms with E-state index in [2.05, 4.69) is 42.7 Å². The molecule has 0 aromatic heterocycles. The summed E-state index contributed by atoms with van der Waals surface area (Å²) in [4.78, 5) is 26.5. The number of fused-ring (bicyclic) bond motifs is 1. The van der Waals surface area contributed by atoms with Crippen LogP contribution in [0, 0.1) is 5.92 Å².